The molecule has 0 fully saturated rings. The van der Waals surface area contributed by atoms with Crippen molar-refractivity contribution in [2.45, 2.75) is 12.8 Å². The van der Waals surface area contributed by atoms with E-state index in [1.165, 1.54) is 29.3 Å². The number of benzene rings is 2. The van der Waals surface area contributed by atoms with Crippen LogP contribution in [0.4, 0.5) is 0 Å². The molecule has 82 valence electrons. The molecule has 0 spiro atoms. The molecule has 0 radical (unpaired) electrons. The molecule has 2 rings (SSSR count). The SMILES string of the molecule is PCCCc1ccccc1-c1ccccc1. The molecule has 1 heteroatoms. The van der Waals surface area contributed by atoms with Gasteiger partial charge in [0.25, 0.3) is 0 Å². The van der Waals surface area contributed by atoms with E-state index >= 15 is 0 Å². The Morgan fingerprint density at radius 1 is 0.812 bits per heavy atom. The van der Waals surface area contributed by atoms with Crippen LogP contribution in [0.2, 0.25) is 0 Å². The molecule has 0 heterocycles. The predicted octanol–water partition coefficient (Wildman–Crippen LogP) is 4.16. The molecular formula is C15H17P. The first-order chi connectivity index (χ1) is 7.92. The zero-order valence-corrected chi connectivity index (χ0v) is 10.5. The zero-order valence-electron chi connectivity index (χ0n) is 9.39. The lowest BCUT2D eigenvalue weighted by Crippen LogP contribution is -1.90. The van der Waals surface area contributed by atoms with Gasteiger partial charge in [0.05, 0.1) is 0 Å². The Bertz CT molecular complexity index is 434. The third-order valence-corrected chi connectivity index (χ3v) is 3.16. The maximum absolute atomic E-state index is 2.80. The van der Waals surface area contributed by atoms with Gasteiger partial charge in [-0.15, -0.1) is 9.24 Å². The average Bonchev–Trinajstić information content (AvgIpc) is 2.38. The molecule has 1 unspecified atom stereocenters. The van der Waals surface area contributed by atoms with E-state index in [0.717, 1.165) is 6.42 Å². The van der Waals surface area contributed by atoms with Crippen LogP contribution in [-0.4, -0.2) is 6.16 Å². The maximum atomic E-state index is 2.80. The van der Waals surface area contributed by atoms with Crippen molar-refractivity contribution in [2.75, 3.05) is 6.16 Å². The van der Waals surface area contributed by atoms with Crippen LogP contribution in [0, 0.1) is 0 Å². The average molecular weight is 228 g/mol. The van der Waals surface area contributed by atoms with Crippen molar-refractivity contribution in [3.8, 4) is 11.1 Å². The molecule has 0 amide bonds. The van der Waals surface area contributed by atoms with Gasteiger partial charge in [-0.25, -0.2) is 0 Å². The molecule has 1 atom stereocenters. The van der Waals surface area contributed by atoms with Crippen LogP contribution in [0.25, 0.3) is 11.1 Å². The first-order valence-corrected chi connectivity index (χ1v) is 6.57. The maximum Gasteiger partial charge on any atom is -0.0152 e. The third kappa shape index (κ3) is 2.71. The van der Waals surface area contributed by atoms with E-state index in [2.05, 4.69) is 63.8 Å². The molecule has 0 aromatic heterocycles. The van der Waals surface area contributed by atoms with Crippen molar-refractivity contribution in [3.63, 3.8) is 0 Å². The number of rotatable bonds is 4. The zero-order chi connectivity index (χ0) is 11.2. The summed E-state index contributed by atoms with van der Waals surface area (Å²) in [6.07, 6.45) is 3.56. The Morgan fingerprint density at radius 2 is 1.50 bits per heavy atom. The minimum absolute atomic E-state index is 1.16. The Morgan fingerprint density at radius 3 is 2.25 bits per heavy atom. The molecule has 0 saturated heterocycles. The van der Waals surface area contributed by atoms with E-state index in [1.54, 1.807) is 0 Å². The van der Waals surface area contributed by atoms with E-state index in [1.807, 2.05) is 0 Å². The summed E-state index contributed by atoms with van der Waals surface area (Å²) in [5, 5.41) is 0. The lowest BCUT2D eigenvalue weighted by molar-refractivity contribution is 0.936. The van der Waals surface area contributed by atoms with E-state index in [0.29, 0.717) is 0 Å². The summed E-state index contributed by atoms with van der Waals surface area (Å²) < 4.78 is 0. The molecular weight excluding hydrogens is 211 g/mol. The van der Waals surface area contributed by atoms with Crippen molar-refractivity contribution in [3.05, 3.63) is 60.2 Å². The smallest absolute Gasteiger partial charge is 0.0152 e. The summed E-state index contributed by atoms with van der Waals surface area (Å²) in [6, 6.07) is 19.3. The lowest BCUT2D eigenvalue weighted by Gasteiger charge is -2.08. The minimum atomic E-state index is 1.16. The topological polar surface area (TPSA) is 0 Å². The highest BCUT2D eigenvalue weighted by molar-refractivity contribution is 7.16. The molecule has 0 saturated carbocycles. The van der Waals surface area contributed by atoms with Crippen molar-refractivity contribution in [2.24, 2.45) is 0 Å². The van der Waals surface area contributed by atoms with Crippen LogP contribution in [0.5, 0.6) is 0 Å². The highest BCUT2D eigenvalue weighted by Crippen LogP contribution is 2.24. The molecule has 16 heavy (non-hydrogen) atoms. The van der Waals surface area contributed by atoms with Gasteiger partial charge in [0.1, 0.15) is 0 Å². The van der Waals surface area contributed by atoms with Gasteiger partial charge in [-0.1, -0.05) is 54.6 Å². The van der Waals surface area contributed by atoms with Gasteiger partial charge in [0.15, 0.2) is 0 Å². The summed E-state index contributed by atoms with van der Waals surface area (Å²) in [7, 11) is 2.80. The van der Waals surface area contributed by atoms with Crippen LogP contribution in [0.15, 0.2) is 54.6 Å². The number of hydrogen-bond acceptors (Lipinski definition) is 0. The van der Waals surface area contributed by atoms with Crippen LogP contribution < -0.4 is 0 Å². The first kappa shape index (κ1) is 11.4. The number of hydrogen-bond donors (Lipinski definition) is 0. The fourth-order valence-corrected chi connectivity index (χ4v) is 2.13. The summed E-state index contributed by atoms with van der Waals surface area (Å²) in [6.45, 7) is 0. The Labute approximate surface area is 99.9 Å². The second-order valence-electron chi connectivity index (χ2n) is 3.92. The van der Waals surface area contributed by atoms with Crippen LogP contribution in [0.1, 0.15) is 12.0 Å². The highest BCUT2D eigenvalue weighted by Gasteiger charge is 2.02. The van der Waals surface area contributed by atoms with Crippen molar-refractivity contribution in [1.82, 2.24) is 0 Å². The van der Waals surface area contributed by atoms with Gasteiger partial charge in [0.2, 0.25) is 0 Å². The van der Waals surface area contributed by atoms with Gasteiger partial charge < -0.3 is 0 Å². The molecule has 0 aliphatic heterocycles. The van der Waals surface area contributed by atoms with Crippen molar-refractivity contribution < 1.29 is 0 Å². The Hall–Kier alpha value is -1.13. The number of aryl methyl sites for hydroxylation is 1. The van der Waals surface area contributed by atoms with E-state index in [-0.39, 0.29) is 0 Å². The summed E-state index contributed by atoms with van der Waals surface area (Å²) in [5.74, 6) is 0. The molecule has 0 N–H and O–H groups in total. The molecule has 2 aromatic rings. The molecule has 0 nitrogen and oxygen atoms in total. The molecule has 0 aliphatic carbocycles. The van der Waals surface area contributed by atoms with Gasteiger partial charge in [-0.2, -0.15) is 0 Å². The molecule has 0 aliphatic rings. The molecule has 0 bridgehead atoms. The Balaban J connectivity index is 2.33. The van der Waals surface area contributed by atoms with Gasteiger partial charge in [-0.05, 0) is 35.7 Å². The lowest BCUT2D eigenvalue weighted by atomic mass is 9.97. The summed E-state index contributed by atoms with van der Waals surface area (Å²) in [5.41, 5.74) is 4.15. The van der Waals surface area contributed by atoms with Crippen LogP contribution in [0.3, 0.4) is 0 Å². The van der Waals surface area contributed by atoms with Crippen LogP contribution >= 0.6 is 9.24 Å². The van der Waals surface area contributed by atoms with E-state index in [9.17, 15) is 0 Å². The van der Waals surface area contributed by atoms with Crippen LogP contribution in [-0.2, 0) is 6.42 Å². The van der Waals surface area contributed by atoms with Gasteiger partial charge >= 0.3 is 0 Å². The quantitative estimate of drug-likeness (QED) is 0.689. The Kier molecular flexibility index (Phi) is 4.13. The van der Waals surface area contributed by atoms with Gasteiger partial charge in [-0.3, -0.25) is 0 Å². The largest absolute Gasteiger partial charge is 0.138 e. The van der Waals surface area contributed by atoms with Gasteiger partial charge in [0, 0.05) is 0 Å². The molecule has 2 aromatic carbocycles. The minimum Gasteiger partial charge on any atom is -0.138 e. The second kappa shape index (κ2) is 5.82. The fraction of sp³-hybridized carbons (Fsp3) is 0.200. The summed E-state index contributed by atoms with van der Waals surface area (Å²) >= 11 is 0. The third-order valence-electron chi connectivity index (χ3n) is 2.75. The van der Waals surface area contributed by atoms with Crippen molar-refractivity contribution in [1.29, 1.82) is 0 Å². The second-order valence-corrected chi connectivity index (χ2v) is 4.49. The van der Waals surface area contributed by atoms with Crippen molar-refractivity contribution >= 4 is 9.24 Å². The first-order valence-electron chi connectivity index (χ1n) is 5.75. The fourth-order valence-electron chi connectivity index (χ4n) is 1.93. The predicted molar refractivity (Wildman–Crippen MR) is 74.8 cm³/mol. The summed E-state index contributed by atoms with van der Waals surface area (Å²) in [4.78, 5) is 0. The highest BCUT2D eigenvalue weighted by atomic mass is 31.0. The van der Waals surface area contributed by atoms with E-state index < -0.39 is 0 Å². The monoisotopic (exact) mass is 228 g/mol. The normalized spacial score (nSPS) is 10.3. The van der Waals surface area contributed by atoms with E-state index in [4.69, 9.17) is 0 Å². The standard InChI is InChI=1S/C15H17P/c16-12-6-10-14-9-4-5-11-15(14)13-7-2-1-3-8-13/h1-5,7-9,11H,6,10,12,16H2.